The average Bonchev–Trinajstić information content (AvgIpc) is 3.14. The Kier molecular flexibility index (Phi) is 3.94. The highest BCUT2D eigenvalue weighted by molar-refractivity contribution is 5.86. The lowest BCUT2D eigenvalue weighted by atomic mass is 9.86. The van der Waals surface area contributed by atoms with Crippen LogP contribution in [0.1, 0.15) is 24.3 Å². The lowest BCUT2D eigenvalue weighted by Gasteiger charge is -2.32. The summed E-state index contributed by atoms with van der Waals surface area (Å²) in [5, 5.41) is 13.5. The second kappa shape index (κ2) is 6.39. The summed E-state index contributed by atoms with van der Waals surface area (Å²) in [6.07, 6.45) is 3.46. The predicted molar refractivity (Wildman–Crippen MR) is 90.3 cm³/mol. The number of piperidine rings is 1. The van der Waals surface area contributed by atoms with Gasteiger partial charge in [0, 0.05) is 13.1 Å². The largest absolute Gasteiger partial charge is 0.341 e. The molecule has 24 heavy (non-hydrogen) atoms. The third-order valence-corrected chi connectivity index (χ3v) is 4.80. The van der Waals surface area contributed by atoms with E-state index >= 15 is 0 Å². The van der Waals surface area contributed by atoms with E-state index in [0.29, 0.717) is 5.92 Å². The summed E-state index contributed by atoms with van der Waals surface area (Å²) >= 11 is 0. The molecule has 4 rings (SSSR count). The number of hydrogen-bond acceptors (Lipinski definition) is 4. The average molecular weight is 321 g/mol. The summed E-state index contributed by atoms with van der Waals surface area (Å²) in [5.74, 6) is 0.590. The molecule has 6 nitrogen and oxygen atoms in total. The third kappa shape index (κ3) is 2.87. The van der Waals surface area contributed by atoms with E-state index in [9.17, 15) is 4.79 Å². The molecule has 0 radical (unpaired) electrons. The zero-order valence-electron chi connectivity index (χ0n) is 13.4. The van der Waals surface area contributed by atoms with Gasteiger partial charge >= 0.3 is 0 Å². The molecule has 0 unspecified atom stereocenters. The Bertz CT molecular complexity index is 832. The number of fused-ring (bicyclic) bond motifs is 1. The van der Waals surface area contributed by atoms with Gasteiger partial charge in [-0.05, 0) is 45.5 Å². The number of nitrogens with zero attached hydrogens (tertiary/aromatic N) is 5. The molecule has 2 heterocycles. The number of tetrazole rings is 1. The topological polar surface area (TPSA) is 63.9 Å². The molecular formula is C18H19N5O. The standard InChI is InChI=1S/C18H19N5O/c24-18(12-23-13-19-20-21-23)22-10-8-15(9-11-22)17-7-3-5-14-4-1-2-6-16(14)17/h1-7,13,15H,8-12H2. The van der Waals surface area contributed by atoms with Gasteiger partial charge in [0.1, 0.15) is 12.9 Å². The van der Waals surface area contributed by atoms with Gasteiger partial charge in [-0.3, -0.25) is 4.79 Å². The monoisotopic (exact) mass is 321 g/mol. The molecule has 0 N–H and O–H groups in total. The molecule has 6 heteroatoms. The number of carbonyl (C=O) groups excluding carboxylic acids is 1. The first-order valence-corrected chi connectivity index (χ1v) is 8.27. The summed E-state index contributed by atoms with van der Waals surface area (Å²) in [4.78, 5) is 14.3. The number of likely N-dealkylation sites (tertiary alicyclic amines) is 1. The molecule has 0 atom stereocenters. The molecule has 1 aromatic heterocycles. The van der Waals surface area contributed by atoms with Crippen LogP contribution in [0.25, 0.3) is 10.8 Å². The van der Waals surface area contributed by atoms with Crippen molar-refractivity contribution in [2.75, 3.05) is 13.1 Å². The molecule has 0 spiro atoms. The first kappa shape index (κ1) is 14.8. The molecule has 0 saturated carbocycles. The van der Waals surface area contributed by atoms with Crippen LogP contribution >= 0.6 is 0 Å². The van der Waals surface area contributed by atoms with Gasteiger partial charge in [0.15, 0.2) is 0 Å². The molecule has 1 amide bonds. The van der Waals surface area contributed by atoms with Crippen molar-refractivity contribution in [2.45, 2.75) is 25.3 Å². The normalized spacial score (nSPS) is 15.8. The van der Waals surface area contributed by atoms with Gasteiger partial charge in [-0.1, -0.05) is 42.5 Å². The maximum Gasteiger partial charge on any atom is 0.244 e. The third-order valence-electron chi connectivity index (χ3n) is 4.80. The van der Waals surface area contributed by atoms with Crippen molar-refractivity contribution < 1.29 is 4.79 Å². The number of hydrogen-bond donors (Lipinski definition) is 0. The molecule has 0 bridgehead atoms. The van der Waals surface area contributed by atoms with Crippen LogP contribution in [-0.4, -0.2) is 44.1 Å². The number of amides is 1. The maximum absolute atomic E-state index is 12.3. The molecule has 3 aromatic rings. The van der Waals surface area contributed by atoms with Gasteiger partial charge in [0.2, 0.25) is 5.91 Å². The fraction of sp³-hybridized carbons (Fsp3) is 0.333. The van der Waals surface area contributed by atoms with E-state index in [1.807, 2.05) is 4.90 Å². The van der Waals surface area contributed by atoms with Crippen LogP contribution in [0, 0.1) is 0 Å². The lowest BCUT2D eigenvalue weighted by Crippen LogP contribution is -2.39. The number of rotatable bonds is 3. The number of aromatic nitrogens is 4. The smallest absolute Gasteiger partial charge is 0.244 e. The van der Waals surface area contributed by atoms with Crippen LogP contribution in [-0.2, 0) is 11.3 Å². The van der Waals surface area contributed by atoms with Crippen LogP contribution in [0.2, 0.25) is 0 Å². The minimum absolute atomic E-state index is 0.0821. The fourth-order valence-electron chi connectivity index (χ4n) is 3.54. The molecule has 1 aliphatic rings. The van der Waals surface area contributed by atoms with Gasteiger partial charge < -0.3 is 4.90 Å². The Morgan fingerprint density at radius 3 is 2.67 bits per heavy atom. The quantitative estimate of drug-likeness (QED) is 0.742. The summed E-state index contributed by atoms with van der Waals surface area (Å²) in [6.45, 7) is 1.79. The summed E-state index contributed by atoms with van der Waals surface area (Å²) in [5.41, 5.74) is 1.40. The molecule has 0 aliphatic carbocycles. The van der Waals surface area contributed by atoms with Crippen molar-refractivity contribution in [3.8, 4) is 0 Å². The van der Waals surface area contributed by atoms with Gasteiger partial charge in [-0.15, -0.1) is 5.10 Å². The molecule has 1 fully saturated rings. The maximum atomic E-state index is 12.3. The van der Waals surface area contributed by atoms with Gasteiger partial charge in [0.05, 0.1) is 0 Å². The first-order chi connectivity index (χ1) is 11.8. The van der Waals surface area contributed by atoms with Crippen LogP contribution in [0.4, 0.5) is 0 Å². The molecule has 122 valence electrons. The number of carbonyl (C=O) groups is 1. The second-order valence-corrected chi connectivity index (χ2v) is 6.23. The summed E-state index contributed by atoms with van der Waals surface area (Å²) < 4.78 is 1.47. The minimum Gasteiger partial charge on any atom is -0.341 e. The van der Waals surface area contributed by atoms with Crippen molar-refractivity contribution in [1.82, 2.24) is 25.1 Å². The van der Waals surface area contributed by atoms with E-state index in [1.165, 1.54) is 27.3 Å². The summed E-state index contributed by atoms with van der Waals surface area (Å²) in [6, 6.07) is 15.0. The Morgan fingerprint density at radius 1 is 1.08 bits per heavy atom. The van der Waals surface area contributed by atoms with Crippen molar-refractivity contribution in [3.63, 3.8) is 0 Å². The highest BCUT2D eigenvalue weighted by Crippen LogP contribution is 2.33. The molecule has 1 saturated heterocycles. The Hall–Kier alpha value is -2.76. The van der Waals surface area contributed by atoms with Crippen molar-refractivity contribution in [2.24, 2.45) is 0 Å². The van der Waals surface area contributed by atoms with E-state index in [0.717, 1.165) is 25.9 Å². The summed E-state index contributed by atoms with van der Waals surface area (Å²) in [7, 11) is 0. The molecular weight excluding hydrogens is 302 g/mol. The molecule has 1 aliphatic heterocycles. The zero-order valence-corrected chi connectivity index (χ0v) is 13.4. The van der Waals surface area contributed by atoms with Gasteiger partial charge in [-0.25, -0.2) is 4.68 Å². The van der Waals surface area contributed by atoms with Gasteiger partial charge in [0.25, 0.3) is 0 Å². The van der Waals surface area contributed by atoms with E-state index < -0.39 is 0 Å². The number of benzene rings is 2. The Morgan fingerprint density at radius 2 is 1.88 bits per heavy atom. The van der Waals surface area contributed by atoms with Crippen LogP contribution in [0.15, 0.2) is 48.8 Å². The van der Waals surface area contributed by atoms with Crippen LogP contribution in [0.5, 0.6) is 0 Å². The van der Waals surface area contributed by atoms with Crippen LogP contribution < -0.4 is 0 Å². The van der Waals surface area contributed by atoms with Crippen molar-refractivity contribution >= 4 is 16.7 Å². The highest BCUT2D eigenvalue weighted by Gasteiger charge is 2.25. The first-order valence-electron chi connectivity index (χ1n) is 8.27. The minimum atomic E-state index is 0.0821. The fourth-order valence-corrected chi connectivity index (χ4v) is 3.54. The van der Waals surface area contributed by atoms with Crippen molar-refractivity contribution in [1.29, 1.82) is 0 Å². The van der Waals surface area contributed by atoms with E-state index in [1.54, 1.807) is 0 Å². The Labute approximate surface area is 140 Å². The van der Waals surface area contributed by atoms with E-state index in [4.69, 9.17) is 0 Å². The highest BCUT2D eigenvalue weighted by atomic mass is 16.2. The van der Waals surface area contributed by atoms with E-state index in [-0.39, 0.29) is 12.5 Å². The van der Waals surface area contributed by atoms with Crippen LogP contribution in [0.3, 0.4) is 0 Å². The second-order valence-electron chi connectivity index (χ2n) is 6.23. The molecule has 2 aromatic carbocycles. The van der Waals surface area contributed by atoms with E-state index in [2.05, 4.69) is 58.0 Å². The Balaban J connectivity index is 1.45. The SMILES string of the molecule is O=C(Cn1cnnn1)N1CCC(c2cccc3ccccc23)CC1. The van der Waals surface area contributed by atoms with Crippen molar-refractivity contribution in [3.05, 3.63) is 54.4 Å². The lowest BCUT2D eigenvalue weighted by molar-refractivity contribution is -0.133. The zero-order chi connectivity index (χ0) is 16.4. The van der Waals surface area contributed by atoms with Gasteiger partial charge in [-0.2, -0.15) is 0 Å². The predicted octanol–water partition coefficient (Wildman–Crippen LogP) is 2.23.